The van der Waals surface area contributed by atoms with Crippen molar-refractivity contribution < 1.29 is 4.74 Å². The molecule has 0 radical (unpaired) electrons. The monoisotopic (exact) mass is 138 g/mol. The summed E-state index contributed by atoms with van der Waals surface area (Å²) in [5, 5.41) is 0. The minimum absolute atomic E-state index is 0.694. The molecule has 1 heterocycles. The van der Waals surface area contributed by atoms with Crippen LogP contribution in [0.4, 0.5) is 0 Å². The molecule has 3 rings (SSSR count). The van der Waals surface area contributed by atoms with Gasteiger partial charge in [0, 0.05) is 12.0 Å². The molecule has 1 aliphatic heterocycles. The van der Waals surface area contributed by atoms with Crippen LogP contribution in [0.3, 0.4) is 0 Å². The van der Waals surface area contributed by atoms with Gasteiger partial charge < -0.3 is 4.74 Å². The Hall–Kier alpha value is -0.0400. The van der Waals surface area contributed by atoms with Crippen molar-refractivity contribution in [1.29, 1.82) is 0 Å². The van der Waals surface area contributed by atoms with Crippen molar-refractivity contribution in [2.24, 2.45) is 11.3 Å². The molecular weight excluding hydrogens is 124 g/mol. The minimum atomic E-state index is 0.694. The van der Waals surface area contributed by atoms with Gasteiger partial charge in [0.05, 0.1) is 6.10 Å². The van der Waals surface area contributed by atoms with Gasteiger partial charge in [0.25, 0.3) is 0 Å². The molecule has 3 unspecified atom stereocenters. The van der Waals surface area contributed by atoms with Gasteiger partial charge in [-0.2, -0.15) is 0 Å². The standard InChI is InChI=1S/C9H14O/c1-2-7-6-8-9(7,3-1)4-5-10-8/h7-8H,1-6H2. The summed E-state index contributed by atoms with van der Waals surface area (Å²) in [6.07, 6.45) is 7.91. The lowest BCUT2D eigenvalue weighted by atomic mass is 9.59. The topological polar surface area (TPSA) is 9.23 Å². The van der Waals surface area contributed by atoms with Gasteiger partial charge in [-0.05, 0) is 31.6 Å². The van der Waals surface area contributed by atoms with Gasteiger partial charge in [-0.1, -0.05) is 6.42 Å². The quantitative estimate of drug-likeness (QED) is 0.497. The maximum atomic E-state index is 5.66. The predicted molar refractivity (Wildman–Crippen MR) is 38.7 cm³/mol. The van der Waals surface area contributed by atoms with E-state index in [2.05, 4.69) is 0 Å². The maximum Gasteiger partial charge on any atom is 0.0637 e. The Labute approximate surface area is 61.8 Å². The molecule has 0 aromatic rings. The molecule has 1 spiro atoms. The highest BCUT2D eigenvalue weighted by atomic mass is 16.5. The van der Waals surface area contributed by atoms with Crippen molar-refractivity contribution in [3.05, 3.63) is 0 Å². The Balaban J connectivity index is 1.95. The third-order valence-corrected chi connectivity index (χ3v) is 4.03. The highest BCUT2D eigenvalue weighted by Gasteiger charge is 2.60. The molecule has 1 heteroatoms. The first-order valence-electron chi connectivity index (χ1n) is 4.53. The van der Waals surface area contributed by atoms with E-state index in [9.17, 15) is 0 Å². The van der Waals surface area contributed by atoms with Gasteiger partial charge >= 0.3 is 0 Å². The molecule has 3 fully saturated rings. The van der Waals surface area contributed by atoms with E-state index in [1.165, 1.54) is 32.1 Å². The molecule has 3 aliphatic rings. The van der Waals surface area contributed by atoms with Crippen molar-refractivity contribution in [2.75, 3.05) is 6.61 Å². The smallest absolute Gasteiger partial charge is 0.0637 e. The first-order chi connectivity index (χ1) is 4.92. The summed E-state index contributed by atoms with van der Waals surface area (Å²) in [5.41, 5.74) is 0.722. The SMILES string of the molecule is C1CC2CC3OCCC23C1. The minimum Gasteiger partial charge on any atom is -0.378 e. The van der Waals surface area contributed by atoms with Gasteiger partial charge in [-0.3, -0.25) is 0 Å². The summed E-state index contributed by atoms with van der Waals surface area (Å²) in [5.74, 6) is 1.07. The van der Waals surface area contributed by atoms with E-state index < -0.39 is 0 Å². The third-order valence-electron chi connectivity index (χ3n) is 4.03. The number of ether oxygens (including phenoxy) is 1. The molecule has 56 valence electrons. The maximum absolute atomic E-state index is 5.66. The van der Waals surface area contributed by atoms with Crippen LogP contribution in [0.25, 0.3) is 0 Å². The normalized spacial score (nSPS) is 57.6. The second-order valence-electron chi connectivity index (χ2n) is 4.17. The van der Waals surface area contributed by atoms with Gasteiger partial charge in [0.1, 0.15) is 0 Å². The summed E-state index contributed by atoms with van der Waals surface area (Å²) in [7, 11) is 0. The van der Waals surface area contributed by atoms with Gasteiger partial charge in [-0.25, -0.2) is 0 Å². The molecule has 2 saturated carbocycles. The molecule has 0 amide bonds. The van der Waals surface area contributed by atoms with Crippen molar-refractivity contribution in [2.45, 2.75) is 38.2 Å². The Kier molecular flexibility index (Phi) is 0.883. The Morgan fingerprint density at radius 2 is 2.30 bits per heavy atom. The molecule has 1 saturated heterocycles. The van der Waals surface area contributed by atoms with Crippen LogP contribution in [-0.2, 0) is 4.74 Å². The van der Waals surface area contributed by atoms with Crippen molar-refractivity contribution in [3.8, 4) is 0 Å². The number of hydrogen-bond acceptors (Lipinski definition) is 1. The molecule has 0 N–H and O–H groups in total. The first-order valence-corrected chi connectivity index (χ1v) is 4.53. The highest BCUT2D eigenvalue weighted by Crippen LogP contribution is 2.63. The molecule has 2 aliphatic carbocycles. The molecule has 10 heavy (non-hydrogen) atoms. The van der Waals surface area contributed by atoms with E-state index in [0.717, 1.165) is 17.9 Å². The lowest BCUT2D eigenvalue weighted by Crippen LogP contribution is -2.46. The fourth-order valence-corrected chi connectivity index (χ4v) is 3.39. The van der Waals surface area contributed by atoms with E-state index in [-0.39, 0.29) is 0 Å². The van der Waals surface area contributed by atoms with Crippen LogP contribution in [-0.4, -0.2) is 12.7 Å². The van der Waals surface area contributed by atoms with Crippen LogP contribution in [0.1, 0.15) is 32.1 Å². The molecule has 0 bridgehead atoms. The molecular formula is C9H14O. The third kappa shape index (κ3) is 0.430. The van der Waals surface area contributed by atoms with Crippen LogP contribution < -0.4 is 0 Å². The van der Waals surface area contributed by atoms with E-state index >= 15 is 0 Å². The summed E-state index contributed by atoms with van der Waals surface area (Å²) in [6, 6.07) is 0. The Morgan fingerprint density at radius 3 is 3.10 bits per heavy atom. The highest BCUT2D eigenvalue weighted by molar-refractivity contribution is 5.09. The lowest BCUT2D eigenvalue weighted by Gasteiger charge is -2.46. The van der Waals surface area contributed by atoms with Crippen LogP contribution in [0.15, 0.2) is 0 Å². The average Bonchev–Trinajstić information content (AvgIpc) is 2.41. The van der Waals surface area contributed by atoms with Gasteiger partial charge in [0.2, 0.25) is 0 Å². The zero-order valence-electron chi connectivity index (χ0n) is 6.31. The van der Waals surface area contributed by atoms with E-state index in [1.807, 2.05) is 0 Å². The fourth-order valence-electron chi connectivity index (χ4n) is 3.39. The van der Waals surface area contributed by atoms with Gasteiger partial charge in [0.15, 0.2) is 0 Å². The summed E-state index contributed by atoms with van der Waals surface area (Å²) in [4.78, 5) is 0. The van der Waals surface area contributed by atoms with Crippen molar-refractivity contribution in [3.63, 3.8) is 0 Å². The first kappa shape index (κ1) is 5.59. The second-order valence-corrected chi connectivity index (χ2v) is 4.17. The number of hydrogen-bond donors (Lipinski definition) is 0. The van der Waals surface area contributed by atoms with Crippen molar-refractivity contribution >= 4 is 0 Å². The fraction of sp³-hybridized carbons (Fsp3) is 1.00. The molecule has 0 aromatic carbocycles. The molecule has 0 aromatic heterocycles. The van der Waals surface area contributed by atoms with Crippen LogP contribution in [0, 0.1) is 11.3 Å². The second kappa shape index (κ2) is 1.58. The zero-order chi connectivity index (χ0) is 6.60. The van der Waals surface area contributed by atoms with Crippen LogP contribution in [0.5, 0.6) is 0 Å². The lowest BCUT2D eigenvalue weighted by molar-refractivity contribution is -0.0676. The number of rotatable bonds is 0. The van der Waals surface area contributed by atoms with E-state index in [4.69, 9.17) is 4.74 Å². The van der Waals surface area contributed by atoms with Crippen molar-refractivity contribution in [1.82, 2.24) is 0 Å². The summed E-state index contributed by atoms with van der Waals surface area (Å²) in [6.45, 7) is 1.06. The summed E-state index contributed by atoms with van der Waals surface area (Å²) < 4.78 is 5.66. The largest absolute Gasteiger partial charge is 0.378 e. The Morgan fingerprint density at radius 1 is 1.30 bits per heavy atom. The summed E-state index contributed by atoms with van der Waals surface area (Å²) >= 11 is 0. The molecule has 3 atom stereocenters. The van der Waals surface area contributed by atoms with Crippen LogP contribution in [0.2, 0.25) is 0 Å². The van der Waals surface area contributed by atoms with Crippen LogP contribution >= 0.6 is 0 Å². The van der Waals surface area contributed by atoms with E-state index in [0.29, 0.717) is 6.10 Å². The zero-order valence-corrected chi connectivity index (χ0v) is 6.31. The Bertz CT molecular complexity index is 146. The van der Waals surface area contributed by atoms with E-state index in [1.54, 1.807) is 0 Å². The van der Waals surface area contributed by atoms with Gasteiger partial charge in [-0.15, -0.1) is 0 Å². The predicted octanol–water partition coefficient (Wildman–Crippen LogP) is 1.97. The average molecular weight is 138 g/mol. The molecule has 1 nitrogen and oxygen atoms in total.